The van der Waals surface area contributed by atoms with Gasteiger partial charge in [0.05, 0.1) is 0 Å². The molecule has 3 nitrogen and oxygen atoms in total. The van der Waals surface area contributed by atoms with E-state index in [1.165, 1.54) is 12.1 Å². The lowest BCUT2D eigenvalue weighted by Crippen LogP contribution is -2.57. The molecule has 1 heterocycles. The van der Waals surface area contributed by atoms with Crippen molar-refractivity contribution >= 4 is 23.6 Å². The number of amides is 1. The highest BCUT2D eigenvalue weighted by Gasteiger charge is 2.30. The van der Waals surface area contributed by atoms with Gasteiger partial charge in [-0.1, -0.05) is 35.9 Å². The molecular weight excluding hydrogens is 363 g/mol. The van der Waals surface area contributed by atoms with Crippen LogP contribution in [0, 0.1) is 5.82 Å². The number of carbonyl (C=O) groups is 1. The molecule has 0 unspecified atom stereocenters. The summed E-state index contributed by atoms with van der Waals surface area (Å²) in [5.74, 6) is -0.200. The van der Waals surface area contributed by atoms with Crippen molar-refractivity contribution < 1.29 is 9.18 Å². The molecular formula is C22H24ClFN2O. The molecule has 3 rings (SSSR count). The molecule has 0 aliphatic carbocycles. The summed E-state index contributed by atoms with van der Waals surface area (Å²) in [6, 6.07) is 14.4. The fraction of sp³-hybridized carbons (Fsp3) is 0.318. The Balaban J connectivity index is 1.61. The Morgan fingerprint density at radius 2 is 1.74 bits per heavy atom. The SMILES string of the molecule is C[C@@H]1CN(Cc2ccc(F)cc2)[C@@H](C)CN1C(=O)/C=C/c1ccc(Cl)cc1. The molecule has 0 radical (unpaired) electrons. The van der Waals surface area contributed by atoms with Crippen molar-refractivity contribution in [1.82, 2.24) is 9.80 Å². The summed E-state index contributed by atoms with van der Waals surface area (Å²) >= 11 is 5.89. The van der Waals surface area contributed by atoms with Gasteiger partial charge in [-0.05, 0) is 55.3 Å². The summed E-state index contributed by atoms with van der Waals surface area (Å²) in [4.78, 5) is 16.9. The third kappa shape index (κ3) is 5.18. The fourth-order valence-corrected chi connectivity index (χ4v) is 3.51. The first-order valence-corrected chi connectivity index (χ1v) is 9.53. The fourth-order valence-electron chi connectivity index (χ4n) is 3.39. The predicted octanol–water partition coefficient (Wildman–Crippen LogP) is 4.61. The smallest absolute Gasteiger partial charge is 0.246 e. The zero-order chi connectivity index (χ0) is 19.4. The van der Waals surface area contributed by atoms with Crippen LogP contribution in [0.25, 0.3) is 6.08 Å². The number of piperazine rings is 1. The van der Waals surface area contributed by atoms with Gasteiger partial charge >= 0.3 is 0 Å². The Labute approximate surface area is 165 Å². The maximum Gasteiger partial charge on any atom is 0.246 e. The minimum Gasteiger partial charge on any atom is -0.334 e. The maximum absolute atomic E-state index is 13.1. The van der Waals surface area contributed by atoms with Crippen LogP contribution in [0.15, 0.2) is 54.6 Å². The molecule has 2 aromatic rings. The first kappa shape index (κ1) is 19.6. The highest BCUT2D eigenvalue weighted by molar-refractivity contribution is 6.30. The van der Waals surface area contributed by atoms with E-state index in [4.69, 9.17) is 11.6 Å². The molecule has 27 heavy (non-hydrogen) atoms. The summed E-state index contributed by atoms with van der Waals surface area (Å²) in [6.07, 6.45) is 3.45. The monoisotopic (exact) mass is 386 g/mol. The molecule has 0 N–H and O–H groups in total. The standard InChI is InChI=1S/C22H24ClFN2O/c1-16-14-26(22(27)12-7-18-3-8-20(23)9-4-18)17(2)13-25(16)15-19-5-10-21(24)11-6-19/h3-12,16-17H,13-15H2,1-2H3/b12-7+/t16-,17+/m0/s1. The van der Waals surface area contributed by atoms with Gasteiger partial charge in [0, 0.05) is 42.8 Å². The van der Waals surface area contributed by atoms with Crippen LogP contribution in [-0.4, -0.2) is 40.9 Å². The molecule has 0 spiro atoms. The van der Waals surface area contributed by atoms with E-state index < -0.39 is 0 Å². The lowest BCUT2D eigenvalue weighted by Gasteiger charge is -2.44. The number of nitrogens with zero attached hydrogens (tertiary/aromatic N) is 2. The van der Waals surface area contributed by atoms with Crippen molar-refractivity contribution in [2.75, 3.05) is 13.1 Å². The average molecular weight is 387 g/mol. The number of hydrogen-bond acceptors (Lipinski definition) is 2. The predicted molar refractivity (Wildman–Crippen MR) is 108 cm³/mol. The second-order valence-corrected chi connectivity index (χ2v) is 7.57. The van der Waals surface area contributed by atoms with Gasteiger partial charge in [0.25, 0.3) is 0 Å². The highest BCUT2D eigenvalue weighted by atomic mass is 35.5. The van der Waals surface area contributed by atoms with E-state index in [1.54, 1.807) is 6.08 Å². The van der Waals surface area contributed by atoms with E-state index >= 15 is 0 Å². The third-order valence-corrected chi connectivity index (χ3v) is 5.24. The number of benzene rings is 2. The molecule has 2 atom stereocenters. The summed E-state index contributed by atoms with van der Waals surface area (Å²) in [5.41, 5.74) is 2.03. The normalized spacial score (nSPS) is 21.0. The number of hydrogen-bond donors (Lipinski definition) is 0. The largest absolute Gasteiger partial charge is 0.334 e. The summed E-state index contributed by atoms with van der Waals surface area (Å²) in [6.45, 7) is 6.41. The Morgan fingerprint density at radius 3 is 2.41 bits per heavy atom. The molecule has 1 aliphatic heterocycles. The minimum absolute atomic E-state index is 0.0192. The van der Waals surface area contributed by atoms with Gasteiger partial charge in [0.1, 0.15) is 5.82 Å². The van der Waals surface area contributed by atoms with E-state index in [2.05, 4.69) is 18.7 Å². The first-order chi connectivity index (χ1) is 12.9. The van der Waals surface area contributed by atoms with Crippen molar-refractivity contribution in [3.05, 3.63) is 76.6 Å². The number of rotatable bonds is 4. The van der Waals surface area contributed by atoms with Gasteiger partial charge in [-0.2, -0.15) is 0 Å². The molecule has 5 heteroatoms. The van der Waals surface area contributed by atoms with Crippen molar-refractivity contribution in [3.8, 4) is 0 Å². The van der Waals surface area contributed by atoms with Gasteiger partial charge in [0.15, 0.2) is 0 Å². The molecule has 0 bridgehead atoms. The van der Waals surface area contributed by atoms with Crippen molar-refractivity contribution in [1.29, 1.82) is 0 Å². The van der Waals surface area contributed by atoms with Crippen LogP contribution >= 0.6 is 11.6 Å². The van der Waals surface area contributed by atoms with Crippen molar-refractivity contribution in [2.24, 2.45) is 0 Å². The molecule has 1 amide bonds. The van der Waals surface area contributed by atoms with Crippen LogP contribution in [-0.2, 0) is 11.3 Å². The van der Waals surface area contributed by atoms with E-state index in [9.17, 15) is 9.18 Å². The zero-order valence-corrected chi connectivity index (χ0v) is 16.4. The van der Waals surface area contributed by atoms with E-state index in [1.807, 2.05) is 47.4 Å². The molecule has 0 aromatic heterocycles. The molecule has 1 saturated heterocycles. The maximum atomic E-state index is 13.1. The summed E-state index contributed by atoms with van der Waals surface area (Å²) < 4.78 is 13.1. The number of carbonyl (C=O) groups excluding carboxylic acids is 1. The van der Waals surface area contributed by atoms with Crippen LogP contribution in [0.3, 0.4) is 0 Å². The Morgan fingerprint density at radius 1 is 1.07 bits per heavy atom. The average Bonchev–Trinajstić information content (AvgIpc) is 2.65. The van der Waals surface area contributed by atoms with E-state index in [0.29, 0.717) is 11.6 Å². The quantitative estimate of drug-likeness (QED) is 0.716. The van der Waals surface area contributed by atoms with Gasteiger partial charge in [0.2, 0.25) is 5.91 Å². The van der Waals surface area contributed by atoms with Crippen molar-refractivity contribution in [2.45, 2.75) is 32.5 Å². The lowest BCUT2D eigenvalue weighted by atomic mass is 10.1. The van der Waals surface area contributed by atoms with Gasteiger partial charge in [-0.25, -0.2) is 4.39 Å². The van der Waals surface area contributed by atoms with Crippen LogP contribution < -0.4 is 0 Å². The van der Waals surface area contributed by atoms with E-state index in [-0.39, 0.29) is 23.8 Å². The first-order valence-electron chi connectivity index (χ1n) is 9.15. The summed E-state index contributed by atoms with van der Waals surface area (Å²) in [7, 11) is 0. The lowest BCUT2D eigenvalue weighted by molar-refractivity contribution is -0.131. The number of halogens is 2. The molecule has 0 saturated carbocycles. The zero-order valence-electron chi connectivity index (χ0n) is 15.6. The highest BCUT2D eigenvalue weighted by Crippen LogP contribution is 2.19. The second-order valence-electron chi connectivity index (χ2n) is 7.13. The van der Waals surface area contributed by atoms with E-state index in [0.717, 1.165) is 24.2 Å². The molecule has 1 aliphatic rings. The van der Waals surface area contributed by atoms with Gasteiger partial charge in [-0.15, -0.1) is 0 Å². The van der Waals surface area contributed by atoms with Gasteiger partial charge in [-0.3, -0.25) is 9.69 Å². The van der Waals surface area contributed by atoms with Crippen LogP contribution in [0.5, 0.6) is 0 Å². The third-order valence-electron chi connectivity index (χ3n) is 4.99. The van der Waals surface area contributed by atoms with Gasteiger partial charge < -0.3 is 4.90 Å². The topological polar surface area (TPSA) is 23.6 Å². The Hall–Kier alpha value is -2.17. The Kier molecular flexibility index (Phi) is 6.30. The van der Waals surface area contributed by atoms with Crippen LogP contribution in [0.1, 0.15) is 25.0 Å². The minimum atomic E-state index is -0.219. The Bertz CT molecular complexity index is 804. The molecule has 2 aromatic carbocycles. The summed E-state index contributed by atoms with van der Waals surface area (Å²) in [5, 5.41) is 0.679. The second kappa shape index (κ2) is 8.68. The van der Waals surface area contributed by atoms with Crippen LogP contribution in [0.4, 0.5) is 4.39 Å². The van der Waals surface area contributed by atoms with Crippen molar-refractivity contribution in [3.63, 3.8) is 0 Å². The molecule has 1 fully saturated rings. The van der Waals surface area contributed by atoms with Crippen LogP contribution in [0.2, 0.25) is 5.02 Å². The molecule has 142 valence electrons.